The Morgan fingerprint density at radius 1 is 1.12 bits per heavy atom. The fourth-order valence-electron chi connectivity index (χ4n) is 3.14. The molecule has 176 valence electrons. The van der Waals surface area contributed by atoms with Crippen LogP contribution in [0, 0.1) is 12.8 Å². The summed E-state index contributed by atoms with van der Waals surface area (Å²) in [6.45, 7) is 8.04. The van der Waals surface area contributed by atoms with Crippen LogP contribution in [0.15, 0.2) is 58.5 Å². The summed E-state index contributed by atoms with van der Waals surface area (Å²) in [7, 11) is -1.96. The second kappa shape index (κ2) is 10.5. The first-order valence-corrected chi connectivity index (χ1v) is 13.0. The fourth-order valence-corrected chi connectivity index (χ4v) is 5.27. The summed E-state index contributed by atoms with van der Waals surface area (Å²) in [4.78, 5) is 17.6. The lowest BCUT2D eigenvalue weighted by atomic mass is 10.1. The van der Waals surface area contributed by atoms with Crippen LogP contribution in [0.3, 0.4) is 0 Å². The van der Waals surface area contributed by atoms with E-state index in [0.717, 1.165) is 21.5 Å². The predicted molar refractivity (Wildman–Crippen MR) is 133 cm³/mol. The van der Waals surface area contributed by atoms with E-state index < -0.39 is 15.3 Å². The summed E-state index contributed by atoms with van der Waals surface area (Å²) in [5.41, 5.74) is 2.34. The maximum atomic E-state index is 12.7. The van der Waals surface area contributed by atoms with Gasteiger partial charge < -0.3 is 10.1 Å². The molecule has 1 amide bonds. The molecule has 3 rings (SSSR count). The molecule has 0 aliphatic carbocycles. The van der Waals surface area contributed by atoms with Crippen molar-refractivity contribution in [3.05, 3.63) is 54.1 Å². The van der Waals surface area contributed by atoms with Crippen LogP contribution in [0.2, 0.25) is 0 Å². The topological polar surface area (TPSA) is 97.4 Å². The van der Waals surface area contributed by atoms with Crippen LogP contribution in [0.25, 0.3) is 10.9 Å². The van der Waals surface area contributed by atoms with E-state index in [1.54, 1.807) is 26.2 Å². The zero-order valence-corrected chi connectivity index (χ0v) is 21.0. The van der Waals surface area contributed by atoms with Crippen molar-refractivity contribution in [1.82, 2.24) is 9.71 Å². The molecule has 0 fully saturated rings. The van der Waals surface area contributed by atoms with Crippen molar-refractivity contribution < 1.29 is 17.9 Å². The number of aryl methyl sites for hydroxylation is 1. The predicted octanol–water partition coefficient (Wildman–Crippen LogP) is 4.61. The number of hydrogen-bond acceptors (Lipinski definition) is 6. The molecule has 9 heteroatoms. The first kappa shape index (κ1) is 25.0. The van der Waals surface area contributed by atoms with Crippen molar-refractivity contribution in [2.45, 2.75) is 42.9 Å². The minimum absolute atomic E-state index is 0.161. The van der Waals surface area contributed by atoms with Gasteiger partial charge in [0.2, 0.25) is 15.9 Å². The van der Waals surface area contributed by atoms with Gasteiger partial charge in [0, 0.05) is 17.6 Å². The van der Waals surface area contributed by atoms with Crippen LogP contribution in [0.1, 0.15) is 26.3 Å². The number of carbonyl (C=O) groups is 1. The van der Waals surface area contributed by atoms with Gasteiger partial charge in [0.1, 0.15) is 11.3 Å². The van der Waals surface area contributed by atoms with Crippen molar-refractivity contribution in [3.63, 3.8) is 0 Å². The lowest BCUT2D eigenvalue weighted by molar-refractivity contribution is -0.115. The van der Waals surface area contributed by atoms with Crippen LogP contribution >= 0.6 is 11.8 Å². The Hall–Kier alpha value is -2.62. The highest BCUT2D eigenvalue weighted by Gasteiger charge is 2.18. The molecule has 2 N–H and O–H groups in total. The number of thioether (sulfide) groups is 1. The van der Waals surface area contributed by atoms with Gasteiger partial charge in [0.05, 0.1) is 22.3 Å². The SMILES string of the molecule is COc1cccc2c(C)cc(SC(C)C(=O)Nc3ccc(S(=O)(=O)NCC(C)C)cc3)nc12. The molecule has 2 aromatic carbocycles. The van der Waals surface area contributed by atoms with Crippen LogP contribution in [0.5, 0.6) is 5.75 Å². The molecule has 0 saturated heterocycles. The molecule has 3 aromatic rings. The third-order valence-corrected chi connectivity index (χ3v) is 7.44. The summed E-state index contributed by atoms with van der Waals surface area (Å²) in [5.74, 6) is 0.695. The summed E-state index contributed by atoms with van der Waals surface area (Å²) in [6.07, 6.45) is 0. The molecule has 33 heavy (non-hydrogen) atoms. The molecule has 1 heterocycles. The van der Waals surface area contributed by atoms with Crippen LogP contribution in [0.4, 0.5) is 5.69 Å². The zero-order chi connectivity index (χ0) is 24.2. The van der Waals surface area contributed by atoms with Gasteiger partial charge in [-0.15, -0.1) is 0 Å². The normalized spacial score (nSPS) is 12.7. The van der Waals surface area contributed by atoms with E-state index in [1.807, 2.05) is 45.0 Å². The number of methoxy groups -OCH3 is 1. The Morgan fingerprint density at radius 2 is 1.82 bits per heavy atom. The van der Waals surface area contributed by atoms with Crippen LogP contribution in [-0.2, 0) is 14.8 Å². The lowest BCUT2D eigenvalue weighted by Gasteiger charge is -2.14. The van der Waals surface area contributed by atoms with E-state index in [0.29, 0.717) is 18.0 Å². The average molecular weight is 488 g/mol. The second-order valence-electron chi connectivity index (χ2n) is 8.15. The Labute approximate surface area is 199 Å². The standard InChI is InChI=1S/C24H29N3O4S2/c1-15(2)14-25-33(29,30)19-11-9-18(10-12-19)26-24(28)17(4)32-22-13-16(3)20-7-6-8-21(31-5)23(20)27-22/h6-13,15,17,25H,14H2,1-5H3,(H,26,28). The quantitative estimate of drug-likeness (QED) is 0.428. The van der Waals surface area contributed by atoms with E-state index in [-0.39, 0.29) is 16.7 Å². The van der Waals surface area contributed by atoms with E-state index in [4.69, 9.17) is 4.74 Å². The molecular formula is C24H29N3O4S2. The first-order valence-electron chi connectivity index (χ1n) is 10.6. The monoisotopic (exact) mass is 487 g/mol. The third kappa shape index (κ3) is 6.25. The van der Waals surface area contributed by atoms with Crippen LogP contribution in [-0.4, -0.2) is 38.2 Å². The van der Waals surface area contributed by atoms with E-state index >= 15 is 0 Å². The minimum Gasteiger partial charge on any atom is -0.494 e. The van der Waals surface area contributed by atoms with Gasteiger partial charge in [0.25, 0.3) is 0 Å². The number of amides is 1. The van der Waals surface area contributed by atoms with Gasteiger partial charge in [-0.3, -0.25) is 4.79 Å². The molecule has 7 nitrogen and oxygen atoms in total. The van der Waals surface area contributed by atoms with Crippen molar-refractivity contribution in [2.24, 2.45) is 5.92 Å². The number of benzene rings is 2. The highest BCUT2D eigenvalue weighted by molar-refractivity contribution is 8.00. The molecule has 0 radical (unpaired) electrons. The van der Waals surface area contributed by atoms with Crippen molar-refractivity contribution in [1.29, 1.82) is 0 Å². The molecule has 0 spiro atoms. The Balaban J connectivity index is 1.69. The van der Waals surface area contributed by atoms with Gasteiger partial charge in [-0.05, 0) is 61.7 Å². The molecule has 0 bridgehead atoms. The van der Waals surface area contributed by atoms with Crippen molar-refractivity contribution in [2.75, 3.05) is 19.0 Å². The number of ether oxygens (including phenoxy) is 1. The van der Waals surface area contributed by atoms with Gasteiger partial charge >= 0.3 is 0 Å². The number of nitrogens with zero attached hydrogens (tertiary/aromatic N) is 1. The van der Waals surface area contributed by atoms with Crippen molar-refractivity contribution in [3.8, 4) is 5.75 Å². The highest BCUT2D eigenvalue weighted by atomic mass is 32.2. The first-order chi connectivity index (χ1) is 15.6. The number of fused-ring (bicyclic) bond motifs is 1. The molecular weight excluding hydrogens is 458 g/mol. The Bertz CT molecular complexity index is 1240. The zero-order valence-electron chi connectivity index (χ0n) is 19.4. The minimum atomic E-state index is -3.57. The van der Waals surface area contributed by atoms with E-state index in [9.17, 15) is 13.2 Å². The van der Waals surface area contributed by atoms with Crippen molar-refractivity contribution >= 4 is 44.3 Å². The number of hydrogen-bond donors (Lipinski definition) is 2. The maximum absolute atomic E-state index is 12.7. The number of rotatable bonds is 9. The summed E-state index contributed by atoms with van der Waals surface area (Å²) in [6, 6.07) is 13.9. The number of carbonyl (C=O) groups excluding carboxylic acids is 1. The number of nitrogens with one attached hydrogen (secondary N) is 2. The fraction of sp³-hybridized carbons (Fsp3) is 0.333. The van der Waals surface area contributed by atoms with E-state index in [1.165, 1.54) is 23.9 Å². The number of anilines is 1. The molecule has 0 aliphatic heterocycles. The number of para-hydroxylation sites is 1. The van der Waals surface area contributed by atoms with Crippen LogP contribution < -0.4 is 14.8 Å². The lowest BCUT2D eigenvalue weighted by Crippen LogP contribution is -2.27. The molecule has 1 unspecified atom stereocenters. The maximum Gasteiger partial charge on any atom is 0.240 e. The average Bonchev–Trinajstić information content (AvgIpc) is 2.78. The van der Waals surface area contributed by atoms with Gasteiger partial charge in [-0.25, -0.2) is 18.1 Å². The number of pyridine rings is 1. The summed E-state index contributed by atoms with van der Waals surface area (Å²) in [5, 5.41) is 4.16. The Morgan fingerprint density at radius 3 is 2.45 bits per heavy atom. The van der Waals surface area contributed by atoms with E-state index in [2.05, 4.69) is 15.0 Å². The van der Waals surface area contributed by atoms with Gasteiger partial charge in [-0.1, -0.05) is 37.7 Å². The number of aromatic nitrogens is 1. The third-order valence-electron chi connectivity index (χ3n) is 4.99. The second-order valence-corrected chi connectivity index (χ2v) is 11.3. The summed E-state index contributed by atoms with van der Waals surface area (Å²) < 4.78 is 32.7. The molecule has 1 atom stereocenters. The highest BCUT2D eigenvalue weighted by Crippen LogP contribution is 2.31. The molecule has 0 saturated carbocycles. The smallest absolute Gasteiger partial charge is 0.240 e. The number of sulfonamides is 1. The Kier molecular flexibility index (Phi) is 7.99. The van der Waals surface area contributed by atoms with Gasteiger partial charge in [-0.2, -0.15) is 0 Å². The summed E-state index contributed by atoms with van der Waals surface area (Å²) >= 11 is 1.35. The molecule has 1 aromatic heterocycles. The van der Waals surface area contributed by atoms with Gasteiger partial charge in [0.15, 0.2) is 0 Å². The largest absolute Gasteiger partial charge is 0.494 e. The molecule has 0 aliphatic rings.